The number of fused-ring (bicyclic) bond motifs is 1. The minimum Gasteiger partial charge on any atom is -0.491 e. The highest BCUT2D eigenvalue weighted by Gasteiger charge is 2.39. The smallest absolute Gasteiger partial charge is 0.120 e. The van der Waals surface area contributed by atoms with E-state index in [9.17, 15) is 0 Å². The van der Waals surface area contributed by atoms with Crippen molar-refractivity contribution in [2.45, 2.75) is 52.2 Å². The van der Waals surface area contributed by atoms with E-state index in [0.717, 1.165) is 12.4 Å². The molecule has 2 aromatic rings. The normalized spacial score (nSPS) is 20.8. The zero-order chi connectivity index (χ0) is 15.7. The van der Waals surface area contributed by atoms with E-state index in [1.54, 1.807) is 0 Å². The molecule has 1 fully saturated rings. The topological polar surface area (TPSA) is 18.5 Å². The molecule has 2 unspecified atom stereocenters. The highest BCUT2D eigenvalue weighted by atomic mass is 16.5. The lowest BCUT2D eigenvalue weighted by Gasteiger charge is -2.12. The first-order valence-electron chi connectivity index (χ1n) is 8.35. The van der Waals surface area contributed by atoms with Crippen LogP contribution in [-0.2, 0) is 4.74 Å². The summed E-state index contributed by atoms with van der Waals surface area (Å²) >= 11 is 0. The molecule has 0 heterocycles. The number of ether oxygens (including phenoxy) is 2. The zero-order valence-corrected chi connectivity index (χ0v) is 14.0. The molecule has 0 amide bonds. The first-order chi connectivity index (χ1) is 10.5. The minimum atomic E-state index is 0.210. The van der Waals surface area contributed by atoms with Crippen LogP contribution < -0.4 is 4.74 Å². The molecule has 1 aliphatic rings. The van der Waals surface area contributed by atoms with Gasteiger partial charge in [0.25, 0.3) is 0 Å². The molecule has 0 saturated heterocycles. The molecule has 1 aliphatic carbocycles. The summed E-state index contributed by atoms with van der Waals surface area (Å²) in [7, 11) is 0. The van der Waals surface area contributed by atoms with Crippen molar-refractivity contribution < 1.29 is 9.47 Å². The maximum Gasteiger partial charge on any atom is 0.120 e. The molecule has 0 spiro atoms. The molecular formula is C20H26O2. The van der Waals surface area contributed by atoms with Gasteiger partial charge in [-0.3, -0.25) is 0 Å². The summed E-state index contributed by atoms with van der Waals surface area (Å²) < 4.78 is 11.6. The average molecular weight is 298 g/mol. The summed E-state index contributed by atoms with van der Waals surface area (Å²) in [6.07, 6.45) is 1.78. The molecule has 0 bridgehead atoms. The first kappa shape index (κ1) is 15.4. The molecule has 2 nitrogen and oxygen atoms in total. The number of hydrogen-bond donors (Lipinski definition) is 0. The maximum absolute atomic E-state index is 5.80. The SMILES string of the molecule is CC(C)OCC1CC1c1cccc2cc(OC(C)C)ccc12. The van der Waals surface area contributed by atoms with Crippen LogP contribution in [0.1, 0.15) is 45.6 Å². The molecule has 0 radical (unpaired) electrons. The third kappa shape index (κ3) is 3.44. The van der Waals surface area contributed by atoms with E-state index < -0.39 is 0 Å². The highest BCUT2D eigenvalue weighted by Crippen LogP contribution is 2.49. The predicted molar refractivity (Wildman–Crippen MR) is 91.6 cm³/mol. The van der Waals surface area contributed by atoms with Gasteiger partial charge in [0.2, 0.25) is 0 Å². The van der Waals surface area contributed by atoms with E-state index in [1.165, 1.54) is 22.8 Å². The molecule has 0 N–H and O–H groups in total. The third-order valence-electron chi connectivity index (χ3n) is 4.22. The fourth-order valence-electron chi connectivity index (χ4n) is 3.08. The largest absolute Gasteiger partial charge is 0.491 e. The van der Waals surface area contributed by atoms with Crippen LogP contribution in [0.5, 0.6) is 5.75 Å². The number of benzene rings is 2. The van der Waals surface area contributed by atoms with Crippen LogP contribution in [0.15, 0.2) is 36.4 Å². The molecular weight excluding hydrogens is 272 g/mol. The molecule has 118 valence electrons. The van der Waals surface area contributed by atoms with Crippen LogP contribution in [0, 0.1) is 5.92 Å². The second-order valence-electron chi connectivity index (χ2n) is 6.88. The summed E-state index contributed by atoms with van der Waals surface area (Å²) in [6, 6.07) is 13.1. The fourth-order valence-corrected chi connectivity index (χ4v) is 3.08. The van der Waals surface area contributed by atoms with Gasteiger partial charge in [-0.2, -0.15) is 0 Å². The van der Waals surface area contributed by atoms with Gasteiger partial charge in [-0.15, -0.1) is 0 Å². The van der Waals surface area contributed by atoms with Gasteiger partial charge < -0.3 is 9.47 Å². The van der Waals surface area contributed by atoms with Crippen molar-refractivity contribution in [3.63, 3.8) is 0 Å². The van der Waals surface area contributed by atoms with E-state index in [4.69, 9.17) is 9.47 Å². The quantitative estimate of drug-likeness (QED) is 0.733. The van der Waals surface area contributed by atoms with E-state index in [-0.39, 0.29) is 6.10 Å². The Morgan fingerprint density at radius 2 is 1.86 bits per heavy atom. The van der Waals surface area contributed by atoms with Crippen molar-refractivity contribution in [1.29, 1.82) is 0 Å². The van der Waals surface area contributed by atoms with Crippen molar-refractivity contribution in [3.05, 3.63) is 42.0 Å². The lowest BCUT2D eigenvalue weighted by molar-refractivity contribution is 0.0697. The summed E-state index contributed by atoms with van der Waals surface area (Å²) in [5.41, 5.74) is 1.46. The van der Waals surface area contributed by atoms with Crippen LogP contribution in [0.25, 0.3) is 10.8 Å². The monoisotopic (exact) mass is 298 g/mol. The van der Waals surface area contributed by atoms with Gasteiger partial charge in [0, 0.05) is 0 Å². The van der Waals surface area contributed by atoms with Gasteiger partial charge in [0.15, 0.2) is 0 Å². The Hall–Kier alpha value is -1.54. The molecule has 22 heavy (non-hydrogen) atoms. The molecule has 0 aliphatic heterocycles. The van der Waals surface area contributed by atoms with Crippen molar-refractivity contribution >= 4 is 10.8 Å². The van der Waals surface area contributed by atoms with Crippen LogP contribution in [0.3, 0.4) is 0 Å². The van der Waals surface area contributed by atoms with Gasteiger partial charge in [0.1, 0.15) is 5.75 Å². The van der Waals surface area contributed by atoms with Gasteiger partial charge in [0.05, 0.1) is 18.8 Å². The zero-order valence-electron chi connectivity index (χ0n) is 14.0. The van der Waals surface area contributed by atoms with Crippen molar-refractivity contribution in [2.75, 3.05) is 6.61 Å². The molecule has 2 aromatic carbocycles. The average Bonchev–Trinajstić information content (AvgIpc) is 3.23. The fraction of sp³-hybridized carbons (Fsp3) is 0.500. The van der Waals surface area contributed by atoms with Crippen LogP contribution in [0.4, 0.5) is 0 Å². The Labute approximate surface area is 133 Å². The Bertz CT molecular complexity index is 645. The van der Waals surface area contributed by atoms with Gasteiger partial charge >= 0.3 is 0 Å². The first-order valence-corrected chi connectivity index (χ1v) is 8.35. The third-order valence-corrected chi connectivity index (χ3v) is 4.22. The second kappa shape index (κ2) is 6.29. The van der Waals surface area contributed by atoms with Crippen LogP contribution in [-0.4, -0.2) is 18.8 Å². The van der Waals surface area contributed by atoms with Crippen LogP contribution in [0.2, 0.25) is 0 Å². The lowest BCUT2D eigenvalue weighted by atomic mass is 10.00. The lowest BCUT2D eigenvalue weighted by Crippen LogP contribution is -2.06. The Morgan fingerprint density at radius 1 is 1.05 bits per heavy atom. The molecule has 3 rings (SSSR count). The van der Waals surface area contributed by atoms with Crippen LogP contribution >= 0.6 is 0 Å². The van der Waals surface area contributed by atoms with E-state index >= 15 is 0 Å². The number of hydrogen-bond acceptors (Lipinski definition) is 2. The molecule has 1 saturated carbocycles. The summed E-state index contributed by atoms with van der Waals surface area (Å²) in [5, 5.41) is 2.63. The summed E-state index contributed by atoms with van der Waals surface area (Å²) in [5.74, 6) is 2.29. The van der Waals surface area contributed by atoms with Crippen molar-refractivity contribution in [3.8, 4) is 5.75 Å². The summed E-state index contributed by atoms with van der Waals surface area (Å²) in [6.45, 7) is 9.21. The van der Waals surface area contributed by atoms with E-state index in [2.05, 4.69) is 64.1 Å². The predicted octanol–water partition coefficient (Wildman–Crippen LogP) is 5.16. The van der Waals surface area contributed by atoms with E-state index in [1.807, 2.05) is 0 Å². The van der Waals surface area contributed by atoms with E-state index in [0.29, 0.717) is 17.9 Å². The number of rotatable bonds is 6. The van der Waals surface area contributed by atoms with Crippen molar-refractivity contribution in [1.82, 2.24) is 0 Å². The second-order valence-corrected chi connectivity index (χ2v) is 6.88. The summed E-state index contributed by atoms with van der Waals surface area (Å²) in [4.78, 5) is 0. The van der Waals surface area contributed by atoms with Crippen molar-refractivity contribution in [2.24, 2.45) is 5.92 Å². The molecule has 0 aromatic heterocycles. The Kier molecular flexibility index (Phi) is 4.39. The Balaban J connectivity index is 1.80. The Morgan fingerprint density at radius 3 is 2.59 bits per heavy atom. The maximum atomic E-state index is 5.80. The standard InChI is InChI=1S/C20H26O2/c1-13(2)21-12-16-11-20(16)19-7-5-6-15-10-17(22-14(3)4)8-9-18(15)19/h5-10,13-14,16,20H,11-12H2,1-4H3. The van der Waals surface area contributed by atoms with Gasteiger partial charge in [-0.25, -0.2) is 0 Å². The highest BCUT2D eigenvalue weighted by molar-refractivity contribution is 5.87. The van der Waals surface area contributed by atoms with Gasteiger partial charge in [-0.05, 0) is 74.4 Å². The van der Waals surface area contributed by atoms with Gasteiger partial charge in [-0.1, -0.05) is 24.3 Å². The molecule has 2 heteroatoms. The minimum absolute atomic E-state index is 0.210. The molecule has 2 atom stereocenters.